The Morgan fingerprint density at radius 1 is 1.03 bits per heavy atom. The molecule has 0 radical (unpaired) electrons. The molecule has 29 heavy (non-hydrogen) atoms. The topological polar surface area (TPSA) is 50.2 Å². The lowest BCUT2D eigenvalue weighted by Crippen LogP contribution is -2.17. The first-order valence-corrected chi connectivity index (χ1v) is 11.0. The van der Waals surface area contributed by atoms with Gasteiger partial charge >= 0.3 is 0 Å². The van der Waals surface area contributed by atoms with Gasteiger partial charge in [-0.2, -0.15) is 0 Å². The van der Waals surface area contributed by atoms with Gasteiger partial charge in [0.15, 0.2) is 5.82 Å². The Morgan fingerprint density at radius 2 is 1.79 bits per heavy atom. The number of nitrogens with zero attached hydrogens (tertiary/aromatic N) is 3. The third kappa shape index (κ3) is 6.35. The third-order valence-electron chi connectivity index (χ3n) is 3.83. The summed E-state index contributed by atoms with van der Waals surface area (Å²) in [6.07, 6.45) is 7.41. The summed E-state index contributed by atoms with van der Waals surface area (Å²) in [5.74, 6) is 1.44. The van der Waals surface area contributed by atoms with E-state index in [1.165, 1.54) is 0 Å². The molecule has 2 heterocycles. The van der Waals surface area contributed by atoms with Crippen LogP contribution in [0.25, 0.3) is 0 Å². The first kappa shape index (κ1) is 21.4. The van der Waals surface area contributed by atoms with E-state index in [-0.39, 0.29) is 0 Å². The number of amidine groups is 1. The number of hydrogen-bond acceptors (Lipinski definition) is 5. The van der Waals surface area contributed by atoms with Gasteiger partial charge in [0.1, 0.15) is 5.84 Å². The molecule has 4 nitrogen and oxygen atoms in total. The summed E-state index contributed by atoms with van der Waals surface area (Å²) in [6.45, 7) is 5.91. The van der Waals surface area contributed by atoms with E-state index in [1.807, 2.05) is 69.4 Å². The van der Waals surface area contributed by atoms with Crippen molar-refractivity contribution < 1.29 is 0 Å². The van der Waals surface area contributed by atoms with Crippen molar-refractivity contribution in [3.05, 3.63) is 77.9 Å². The van der Waals surface area contributed by atoms with Crippen molar-refractivity contribution in [3.63, 3.8) is 0 Å². The summed E-state index contributed by atoms with van der Waals surface area (Å²) in [5, 5.41) is 3.97. The second kappa shape index (κ2) is 10.5. The average molecular weight is 441 g/mol. The molecule has 3 rings (SSSR count). The van der Waals surface area contributed by atoms with E-state index in [0.29, 0.717) is 10.8 Å². The number of rotatable bonds is 6. The van der Waals surface area contributed by atoms with Crippen molar-refractivity contribution in [2.75, 3.05) is 0 Å². The Bertz CT molecular complexity index is 1040. The zero-order chi connectivity index (χ0) is 20.6. The molecule has 0 fully saturated rings. The maximum Gasteiger partial charge on any atom is 0.167 e. The molecule has 1 aromatic carbocycles. The Morgan fingerprint density at radius 3 is 2.52 bits per heavy atom. The summed E-state index contributed by atoms with van der Waals surface area (Å²) in [7, 11) is 0. The molecule has 3 aromatic rings. The van der Waals surface area contributed by atoms with E-state index in [9.17, 15) is 0 Å². The number of benzene rings is 1. The highest BCUT2D eigenvalue weighted by Gasteiger charge is 2.11. The van der Waals surface area contributed by atoms with Gasteiger partial charge in [0, 0.05) is 39.0 Å². The van der Waals surface area contributed by atoms with Crippen LogP contribution < -0.4 is 5.32 Å². The first-order chi connectivity index (χ1) is 14.0. The van der Waals surface area contributed by atoms with Crippen LogP contribution in [0.1, 0.15) is 20.8 Å². The van der Waals surface area contributed by atoms with Crippen molar-refractivity contribution >= 4 is 46.8 Å². The van der Waals surface area contributed by atoms with Crippen molar-refractivity contribution in [1.82, 2.24) is 15.3 Å². The standard InChI is InChI=1S/C22H21ClN4S2/c1-4-15(2)26-16(3)27-22-21(29-20-8-6-5-7-19(20)23)13-18(14-25-22)28-17-9-11-24-12-10-17/h4-14H,1-3H3,(H,25,26,27)/b15-4-. The number of allylic oxidation sites excluding steroid dienone is 2. The molecule has 0 saturated heterocycles. The van der Waals surface area contributed by atoms with Crippen LogP contribution in [0.15, 0.2) is 97.4 Å². The molecule has 0 bridgehead atoms. The zero-order valence-electron chi connectivity index (χ0n) is 16.4. The van der Waals surface area contributed by atoms with Crippen LogP contribution in [-0.2, 0) is 0 Å². The second-order valence-corrected chi connectivity index (χ2v) is 8.74. The number of aliphatic imine (C=N–C) groups is 1. The van der Waals surface area contributed by atoms with Crippen LogP contribution in [0.3, 0.4) is 0 Å². The minimum absolute atomic E-state index is 0.655. The molecule has 0 aliphatic rings. The predicted molar refractivity (Wildman–Crippen MR) is 124 cm³/mol. The van der Waals surface area contributed by atoms with Crippen molar-refractivity contribution in [2.45, 2.75) is 40.4 Å². The average Bonchev–Trinajstić information content (AvgIpc) is 2.72. The normalized spacial score (nSPS) is 12.1. The summed E-state index contributed by atoms with van der Waals surface area (Å²) < 4.78 is 0. The number of aromatic nitrogens is 2. The lowest BCUT2D eigenvalue weighted by molar-refractivity contribution is 1.07. The highest BCUT2D eigenvalue weighted by molar-refractivity contribution is 8.00. The monoisotopic (exact) mass is 440 g/mol. The quantitative estimate of drug-likeness (QED) is 0.330. The SMILES string of the molecule is C/C=C(/C)N/C(C)=N/c1ncc(Sc2ccncc2)cc1Sc1ccccc1Cl. The van der Waals surface area contributed by atoms with Gasteiger partial charge in [-0.15, -0.1) is 0 Å². The van der Waals surface area contributed by atoms with Gasteiger partial charge in [-0.1, -0.05) is 53.3 Å². The number of hydrogen-bond donors (Lipinski definition) is 1. The van der Waals surface area contributed by atoms with E-state index in [4.69, 9.17) is 16.6 Å². The molecule has 0 aliphatic heterocycles. The van der Waals surface area contributed by atoms with E-state index in [1.54, 1.807) is 35.9 Å². The van der Waals surface area contributed by atoms with Gasteiger partial charge in [-0.3, -0.25) is 4.98 Å². The Labute approximate surface area is 184 Å². The fraction of sp³-hybridized carbons (Fsp3) is 0.136. The largest absolute Gasteiger partial charge is 0.348 e. The molecule has 0 atom stereocenters. The van der Waals surface area contributed by atoms with Gasteiger partial charge < -0.3 is 5.32 Å². The minimum atomic E-state index is 0.655. The van der Waals surface area contributed by atoms with Crippen LogP contribution >= 0.6 is 35.1 Å². The molecule has 148 valence electrons. The molecule has 0 amide bonds. The third-order valence-corrected chi connectivity index (χ3v) is 6.34. The van der Waals surface area contributed by atoms with Crippen LogP contribution in [0, 0.1) is 0 Å². The molecule has 7 heteroatoms. The van der Waals surface area contributed by atoms with Crippen LogP contribution in [0.4, 0.5) is 5.82 Å². The highest BCUT2D eigenvalue weighted by atomic mass is 35.5. The fourth-order valence-electron chi connectivity index (χ4n) is 2.37. The Kier molecular flexibility index (Phi) is 7.75. The Balaban J connectivity index is 1.96. The molecule has 0 spiro atoms. The summed E-state index contributed by atoms with van der Waals surface area (Å²) in [4.78, 5) is 17.4. The zero-order valence-corrected chi connectivity index (χ0v) is 18.8. The lowest BCUT2D eigenvalue weighted by atomic mass is 10.4. The molecule has 1 N–H and O–H groups in total. The van der Waals surface area contributed by atoms with Gasteiger partial charge in [-0.25, -0.2) is 9.98 Å². The van der Waals surface area contributed by atoms with E-state index in [0.717, 1.165) is 31.1 Å². The molecule has 0 saturated carbocycles. The second-order valence-electron chi connectivity index (χ2n) is 6.10. The molecule has 2 aromatic heterocycles. The maximum atomic E-state index is 6.38. The van der Waals surface area contributed by atoms with Crippen molar-refractivity contribution in [3.8, 4) is 0 Å². The molecule has 0 aliphatic carbocycles. The molecular weight excluding hydrogens is 420 g/mol. The van der Waals surface area contributed by atoms with Crippen LogP contribution in [-0.4, -0.2) is 15.8 Å². The van der Waals surface area contributed by atoms with Gasteiger partial charge in [-0.05, 0) is 51.1 Å². The van der Waals surface area contributed by atoms with E-state index < -0.39 is 0 Å². The summed E-state index contributed by atoms with van der Waals surface area (Å²) in [5.41, 5.74) is 1.04. The van der Waals surface area contributed by atoms with Crippen LogP contribution in [0.5, 0.6) is 0 Å². The number of nitrogens with one attached hydrogen (secondary N) is 1. The minimum Gasteiger partial charge on any atom is -0.348 e. The van der Waals surface area contributed by atoms with Crippen molar-refractivity contribution in [1.29, 1.82) is 0 Å². The molecular formula is C22H21ClN4S2. The molecule has 0 unspecified atom stereocenters. The van der Waals surface area contributed by atoms with Gasteiger partial charge in [0.2, 0.25) is 0 Å². The fourth-order valence-corrected chi connectivity index (χ4v) is 4.43. The van der Waals surface area contributed by atoms with Crippen molar-refractivity contribution in [2.24, 2.45) is 4.99 Å². The van der Waals surface area contributed by atoms with E-state index in [2.05, 4.69) is 21.4 Å². The number of halogens is 1. The van der Waals surface area contributed by atoms with Gasteiger partial charge in [0.25, 0.3) is 0 Å². The first-order valence-electron chi connectivity index (χ1n) is 9.00. The van der Waals surface area contributed by atoms with Gasteiger partial charge in [0.05, 0.1) is 9.92 Å². The number of pyridine rings is 2. The Hall–Kier alpha value is -2.28. The summed E-state index contributed by atoms with van der Waals surface area (Å²) in [6, 6.07) is 13.8. The smallest absolute Gasteiger partial charge is 0.167 e. The highest BCUT2D eigenvalue weighted by Crippen LogP contribution is 2.40. The summed E-state index contributed by atoms with van der Waals surface area (Å²) >= 11 is 9.58. The maximum absolute atomic E-state index is 6.38. The van der Waals surface area contributed by atoms with E-state index >= 15 is 0 Å². The lowest BCUT2D eigenvalue weighted by Gasteiger charge is -2.11. The van der Waals surface area contributed by atoms with Crippen LogP contribution in [0.2, 0.25) is 5.02 Å². The predicted octanol–water partition coefficient (Wildman–Crippen LogP) is 7.00.